The van der Waals surface area contributed by atoms with E-state index in [1.54, 1.807) is 26.6 Å². The van der Waals surface area contributed by atoms with Crippen LogP contribution in [0.2, 0.25) is 10.0 Å². The fourth-order valence-corrected chi connectivity index (χ4v) is 7.59. The Balaban J connectivity index is 1.19. The molecule has 262 valence electrons. The molecule has 2 aromatic heterocycles. The van der Waals surface area contributed by atoms with Crippen LogP contribution in [0.1, 0.15) is 63.8 Å². The molecular formula is C38H42Cl2N6O4. The second kappa shape index (κ2) is 15.4. The fourth-order valence-electron chi connectivity index (χ4n) is 6.94. The molecule has 6 rings (SSSR count). The van der Waals surface area contributed by atoms with E-state index in [-0.39, 0.29) is 17.4 Å². The van der Waals surface area contributed by atoms with Crippen molar-refractivity contribution in [3.05, 3.63) is 70.2 Å². The number of nitrogens with one attached hydrogen (secondary N) is 2. The molecule has 0 radical (unpaired) electrons. The molecule has 1 aliphatic heterocycles. The van der Waals surface area contributed by atoms with Crippen LogP contribution < -0.4 is 20.1 Å². The maximum Gasteiger partial charge on any atom is 0.237 e. The fraction of sp³-hybridized carbons (Fsp3) is 0.421. The Morgan fingerprint density at radius 1 is 0.880 bits per heavy atom. The van der Waals surface area contributed by atoms with Gasteiger partial charge in [0.25, 0.3) is 0 Å². The molecule has 1 saturated carbocycles. The summed E-state index contributed by atoms with van der Waals surface area (Å²) in [4.78, 5) is 42.7. The van der Waals surface area contributed by atoms with Crippen molar-refractivity contribution >= 4 is 34.9 Å². The Labute approximate surface area is 302 Å². The van der Waals surface area contributed by atoms with Gasteiger partial charge in [0, 0.05) is 53.1 Å². The normalized spacial score (nSPS) is 18.4. The number of benzene rings is 2. The van der Waals surface area contributed by atoms with E-state index in [9.17, 15) is 9.59 Å². The lowest BCUT2D eigenvalue weighted by atomic mass is 9.90. The van der Waals surface area contributed by atoms with E-state index in [2.05, 4.69) is 20.6 Å². The van der Waals surface area contributed by atoms with Gasteiger partial charge in [0.05, 0.1) is 48.0 Å². The maximum atomic E-state index is 12.3. The molecule has 50 heavy (non-hydrogen) atoms. The first-order chi connectivity index (χ1) is 24.1. The molecule has 2 N–H and O–H groups in total. The van der Waals surface area contributed by atoms with E-state index in [0.717, 1.165) is 49.0 Å². The first-order valence-corrected chi connectivity index (χ1v) is 17.7. The Kier molecular flexibility index (Phi) is 11.0. The number of ether oxygens (including phenoxy) is 2. The minimum Gasteiger partial charge on any atom is -0.480 e. The second-order valence-electron chi connectivity index (χ2n) is 13.7. The van der Waals surface area contributed by atoms with Crippen LogP contribution >= 0.6 is 23.2 Å². The summed E-state index contributed by atoms with van der Waals surface area (Å²) < 4.78 is 11.2. The molecule has 10 nitrogen and oxygen atoms in total. The summed E-state index contributed by atoms with van der Waals surface area (Å²) in [6.07, 6.45) is 8.78. The lowest BCUT2D eigenvalue weighted by molar-refractivity contribution is -0.124. The minimum atomic E-state index is -0.254. The van der Waals surface area contributed by atoms with Gasteiger partial charge in [-0.3, -0.25) is 19.6 Å². The van der Waals surface area contributed by atoms with Crippen molar-refractivity contribution in [2.75, 3.05) is 20.8 Å². The number of carbonyl (C=O) groups excluding carboxylic acids is 2. The lowest BCUT2D eigenvalue weighted by Gasteiger charge is -2.16. The number of aromatic nitrogens is 4. The third-order valence-electron chi connectivity index (χ3n) is 9.65. The topological polar surface area (TPSA) is 128 Å². The Morgan fingerprint density at radius 2 is 1.46 bits per heavy atom. The molecule has 0 unspecified atom stereocenters. The SMILES string of the molecule is COc1nc(-c2cccc(-c3cccc(-c4cnc(CNC[C@H]5CC(=O)C(C)(C)C5)c(OC)n4)c3Cl)c2Cl)cnc1CCC[C@@H]1CCC(=O)N1. The molecule has 1 amide bonds. The van der Waals surface area contributed by atoms with Crippen molar-refractivity contribution in [3.63, 3.8) is 0 Å². The number of amides is 1. The highest BCUT2D eigenvalue weighted by Crippen LogP contribution is 2.42. The molecule has 0 spiro atoms. The number of methoxy groups -OCH3 is 2. The van der Waals surface area contributed by atoms with Gasteiger partial charge in [-0.05, 0) is 44.6 Å². The Morgan fingerprint density at radius 3 is 2.00 bits per heavy atom. The number of Topliss-reactive ketones (excluding diaryl/α,β-unsaturated/α-hetero) is 1. The lowest BCUT2D eigenvalue weighted by Crippen LogP contribution is -2.25. The summed E-state index contributed by atoms with van der Waals surface area (Å²) in [6.45, 7) is 5.22. The molecule has 1 aliphatic carbocycles. The summed E-state index contributed by atoms with van der Waals surface area (Å²) in [5.74, 6) is 1.60. The number of hydrogen-bond donors (Lipinski definition) is 2. The van der Waals surface area contributed by atoms with E-state index < -0.39 is 0 Å². The maximum absolute atomic E-state index is 12.3. The monoisotopic (exact) mass is 716 g/mol. The van der Waals surface area contributed by atoms with Crippen LogP contribution in [0.3, 0.4) is 0 Å². The number of hydrogen-bond acceptors (Lipinski definition) is 9. The van der Waals surface area contributed by atoms with Crippen LogP contribution in [-0.4, -0.2) is 58.4 Å². The summed E-state index contributed by atoms with van der Waals surface area (Å²) in [5, 5.41) is 7.39. The zero-order chi connectivity index (χ0) is 35.4. The van der Waals surface area contributed by atoms with Crippen molar-refractivity contribution in [1.82, 2.24) is 30.6 Å². The van der Waals surface area contributed by atoms with Gasteiger partial charge in [0.1, 0.15) is 17.2 Å². The van der Waals surface area contributed by atoms with E-state index in [4.69, 9.17) is 42.6 Å². The van der Waals surface area contributed by atoms with Crippen molar-refractivity contribution < 1.29 is 19.1 Å². The zero-order valence-electron chi connectivity index (χ0n) is 28.8. The van der Waals surface area contributed by atoms with E-state index >= 15 is 0 Å². The average Bonchev–Trinajstić information content (AvgIpc) is 3.64. The summed E-state index contributed by atoms with van der Waals surface area (Å²) in [7, 11) is 3.15. The molecular weight excluding hydrogens is 675 g/mol. The van der Waals surface area contributed by atoms with Crippen LogP contribution in [0.4, 0.5) is 0 Å². The van der Waals surface area contributed by atoms with Crippen LogP contribution in [0.15, 0.2) is 48.8 Å². The highest BCUT2D eigenvalue weighted by Gasteiger charge is 2.38. The number of ketones is 1. The van der Waals surface area contributed by atoms with Crippen LogP contribution in [-0.2, 0) is 22.6 Å². The molecule has 2 atom stereocenters. The van der Waals surface area contributed by atoms with Crippen molar-refractivity contribution in [3.8, 4) is 45.4 Å². The highest BCUT2D eigenvalue weighted by molar-refractivity contribution is 6.39. The molecule has 1 saturated heterocycles. The Bertz CT molecular complexity index is 1900. The van der Waals surface area contributed by atoms with Gasteiger partial charge in [-0.25, -0.2) is 9.97 Å². The number of carbonyl (C=O) groups is 2. The van der Waals surface area contributed by atoms with Crippen LogP contribution in [0.5, 0.6) is 11.8 Å². The van der Waals surface area contributed by atoms with Gasteiger partial charge in [0.2, 0.25) is 17.7 Å². The molecule has 4 aromatic rings. The molecule has 2 aliphatic rings. The number of aryl methyl sites for hydroxylation is 1. The second-order valence-corrected chi connectivity index (χ2v) is 14.4. The zero-order valence-corrected chi connectivity index (χ0v) is 30.3. The highest BCUT2D eigenvalue weighted by atomic mass is 35.5. The molecule has 12 heteroatoms. The number of rotatable bonds is 13. The average molecular weight is 718 g/mol. The van der Waals surface area contributed by atoms with E-state index in [1.807, 2.05) is 50.2 Å². The predicted molar refractivity (Wildman–Crippen MR) is 194 cm³/mol. The van der Waals surface area contributed by atoms with Gasteiger partial charge in [-0.2, -0.15) is 0 Å². The van der Waals surface area contributed by atoms with Crippen molar-refractivity contribution in [2.24, 2.45) is 11.3 Å². The van der Waals surface area contributed by atoms with Gasteiger partial charge < -0.3 is 20.1 Å². The third-order valence-corrected chi connectivity index (χ3v) is 10.5. The largest absolute Gasteiger partial charge is 0.480 e. The molecule has 2 fully saturated rings. The van der Waals surface area contributed by atoms with E-state index in [1.165, 1.54) is 0 Å². The summed E-state index contributed by atoms with van der Waals surface area (Å²) >= 11 is 14.1. The van der Waals surface area contributed by atoms with Gasteiger partial charge in [-0.1, -0.05) is 73.4 Å². The molecule has 2 aromatic carbocycles. The van der Waals surface area contributed by atoms with Gasteiger partial charge >= 0.3 is 0 Å². The minimum absolute atomic E-state index is 0.121. The summed E-state index contributed by atoms with van der Waals surface area (Å²) in [5.41, 5.74) is 5.16. The van der Waals surface area contributed by atoms with E-state index in [0.29, 0.717) is 87.5 Å². The van der Waals surface area contributed by atoms with Crippen LogP contribution in [0.25, 0.3) is 33.6 Å². The summed E-state index contributed by atoms with van der Waals surface area (Å²) in [6, 6.07) is 11.6. The first kappa shape index (κ1) is 35.7. The van der Waals surface area contributed by atoms with Gasteiger partial charge in [0.15, 0.2) is 0 Å². The van der Waals surface area contributed by atoms with Crippen molar-refractivity contribution in [1.29, 1.82) is 0 Å². The quantitative estimate of drug-likeness (QED) is 0.147. The molecule has 0 bridgehead atoms. The number of nitrogens with zero attached hydrogens (tertiary/aromatic N) is 4. The van der Waals surface area contributed by atoms with Crippen molar-refractivity contribution in [2.45, 2.75) is 71.4 Å². The van der Waals surface area contributed by atoms with Gasteiger partial charge in [-0.15, -0.1) is 0 Å². The number of halogens is 2. The predicted octanol–water partition coefficient (Wildman–Crippen LogP) is 7.29. The van der Waals surface area contributed by atoms with Crippen LogP contribution in [0, 0.1) is 11.3 Å². The third kappa shape index (κ3) is 7.77. The standard InChI is InChI=1S/C38H42Cl2N6O4/c1-38(2)17-22(16-32(38)47)18-41-19-31-37(50-4)46-30(21-43-31)27-12-7-10-25(35(27)40)24-9-6-11-26(34(24)39)29-20-42-28(36(45-29)49-3)13-5-8-23-14-15-33(48)44-23/h6-7,9-12,20-23,41H,5,8,13-19H2,1-4H3,(H,44,48)/t22-,23+/m0/s1. The smallest absolute Gasteiger partial charge is 0.237 e. The molecule has 3 heterocycles. The first-order valence-electron chi connectivity index (χ1n) is 17.0. The Hall–Kier alpha value is -4.12.